The van der Waals surface area contributed by atoms with Gasteiger partial charge in [0, 0.05) is 0 Å². The Kier molecular flexibility index (Phi) is 7.68. The maximum Gasteiger partial charge on any atom is -1.00 e. The minimum absolute atomic E-state index is 0. The average Bonchev–Trinajstić information content (AvgIpc) is 2.74. The molecule has 4 heteroatoms. The summed E-state index contributed by atoms with van der Waals surface area (Å²) in [6.45, 7) is 7.50. The molecule has 0 amide bonds. The first-order valence-electron chi connectivity index (χ1n) is 5.99. The van der Waals surface area contributed by atoms with Crippen molar-refractivity contribution in [3.63, 3.8) is 0 Å². The third-order valence-corrected chi connectivity index (χ3v) is 12.2. The molecule has 0 unspecified atom stereocenters. The fraction of sp³-hybridized carbons (Fsp3) is 0.429. The average molecular weight is 466 g/mol. The molecule has 0 fully saturated rings. The van der Waals surface area contributed by atoms with Crippen LogP contribution in [0.1, 0.15) is 0 Å². The second-order valence-corrected chi connectivity index (χ2v) is 18.2. The third kappa shape index (κ3) is 5.32. The van der Waals surface area contributed by atoms with Crippen LogP contribution in [0.2, 0.25) is 32.5 Å². The molecule has 0 spiro atoms. The first-order valence-corrected chi connectivity index (χ1v) is 13.6. The molecule has 0 aromatic rings. The Morgan fingerprint density at radius 1 is 0.944 bits per heavy atom. The Hall–Kier alpha value is 0.627. The predicted octanol–water partition coefficient (Wildman–Crippen LogP) is -1.39. The van der Waals surface area contributed by atoms with Gasteiger partial charge in [0.15, 0.2) is 0 Å². The molecular formula is C14H20Cl2HfSi. The fourth-order valence-corrected chi connectivity index (χ4v) is 16.5. The molecule has 2 aliphatic rings. The van der Waals surface area contributed by atoms with Gasteiger partial charge in [-0.3, -0.25) is 0 Å². The van der Waals surface area contributed by atoms with Crippen LogP contribution in [-0.4, -0.2) is 8.07 Å². The van der Waals surface area contributed by atoms with Crippen molar-refractivity contribution in [3.05, 3.63) is 48.6 Å². The van der Waals surface area contributed by atoms with Gasteiger partial charge in [0.25, 0.3) is 0 Å². The van der Waals surface area contributed by atoms with E-state index in [1.54, 1.807) is 0 Å². The first kappa shape index (κ1) is 18.6. The summed E-state index contributed by atoms with van der Waals surface area (Å²) in [6, 6.07) is 1.45. The molecule has 18 heavy (non-hydrogen) atoms. The van der Waals surface area contributed by atoms with Crippen LogP contribution in [0.15, 0.2) is 48.6 Å². The van der Waals surface area contributed by atoms with Crippen LogP contribution in [-0.2, 0) is 22.9 Å². The maximum absolute atomic E-state index is 2.51. The minimum Gasteiger partial charge on any atom is -1.00 e. The quantitative estimate of drug-likeness (QED) is 0.449. The third-order valence-electron chi connectivity index (χ3n) is 2.90. The van der Waals surface area contributed by atoms with E-state index in [0.29, 0.717) is 3.17 Å². The largest absolute Gasteiger partial charge is 1.00 e. The van der Waals surface area contributed by atoms with E-state index in [9.17, 15) is 0 Å². The van der Waals surface area contributed by atoms with Gasteiger partial charge in [0.05, 0.1) is 0 Å². The van der Waals surface area contributed by atoms with Crippen molar-refractivity contribution in [1.29, 1.82) is 0 Å². The van der Waals surface area contributed by atoms with Gasteiger partial charge in [0.2, 0.25) is 0 Å². The second kappa shape index (κ2) is 7.42. The van der Waals surface area contributed by atoms with Gasteiger partial charge in [-0.15, -0.1) is 0 Å². The molecule has 0 bridgehead atoms. The zero-order chi connectivity index (χ0) is 11.6. The summed E-state index contributed by atoms with van der Waals surface area (Å²) < 4.78 is 1.37. The van der Waals surface area contributed by atoms with Crippen molar-refractivity contribution in [3.8, 4) is 0 Å². The van der Waals surface area contributed by atoms with Crippen LogP contribution in [0, 0.1) is 0 Å². The summed E-state index contributed by atoms with van der Waals surface area (Å²) in [5.74, 6) is 0. The monoisotopic (exact) mass is 466 g/mol. The van der Waals surface area contributed by atoms with E-state index in [4.69, 9.17) is 0 Å². The second-order valence-electron chi connectivity index (χ2n) is 5.94. The van der Waals surface area contributed by atoms with Crippen LogP contribution in [0.5, 0.6) is 0 Å². The summed E-state index contributed by atoms with van der Waals surface area (Å²) in [7, 11) is -0.969. The zero-order valence-electron chi connectivity index (χ0n) is 11.2. The molecular weight excluding hydrogens is 446 g/mol. The van der Waals surface area contributed by atoms with Gasteiger partial charge in [-0.25, -0.2) is 0 Å². The Labute approximate surface area is 136 Å². The van der Waals surface area contributed by atoms with Crippen LogP contribution >= 0.6 is 0 Å². The van der Waals surface area contributed by atoms with Crippen molar-refractivity contribution in [1.82, 2.24) is 0 Å². The van der Waals surface area contributed by atoms with E-state index in [-0.39, 0.29) is 24.8 Å². The molecule has 0 atom stereocenters. The van der Waals surface area contributed by atoms with Crippen molar-refractivity contribution in [2.45, 2.75) is 32.5 Å². The van der Waals surface area contributed by atoms with Crippen molar-refractivity contribution >= 4 is 8.07 Å². The van der Waals surface area contributed by atoms with Gasteiger partial charge in [-0.1, -0.05) is 0 Å². The van der Waals surface area contributed by atoms with E-state index in [1.165, 1.54) is 6.04 Å². The molecule has 0 aromatic heterocycles. The topological polar surface area (TPSA) is 0 Å². The van der Waals surface area contributed by atoms with Gasteiger partial charge < -0.3 is 24.8 Å². The minimum atomic E-state index is -0.969. The molecule has 0 saturated carbocycles. The fourth-order valence-electron chi connectivity index (χ4n) is 2.49. The molecule has 0 nitrogen and oxygen atoms in total. The smallest absolute Gasteiger partial charge is 1.00 e. The Morgan fingerprint density at radius 2 is 1.44 bits per heavy atom. The number of hydrogen-bond acceptors (Lipinski definition) is 0. The van der Waals surface area contributed by atoms with Crippen molar-refractivity contribution < 1.29 is 47.7 Å². The van der Waals surface area contributed by atoms with Crippen molar-refractivity contribution in [2.75, 3.05) is 0 Å². The van der Waals surface area contributed by atoms with Gasteiger partial charge in [-0.05, 0) is 0 Å². The van der Waals surface area contributed by atoms with Crippen LogP contribution < -0.4 is 24.8 Å². The van der Waals surface area contributed by atoms with Gasteiger partial charge in [0.1, 0.15) is 0 Å². The molecule has 0 N–H and O–H groups in total. The molecule has 0 radical (unpaired) electrons. The van der Waals surface area contributed by atoms with E-state index in [0.717, 1.165) is 3.67 Å². The standard InChI is InChI=1S/C9H15Si.C5H5.2ClH.Hf/c1-10(2,3)8-9-6-4-5-7-9;1-2-4-5-3-1;;;/h4-7H,8H2,1-3H3;1-5H;2*1H;/q;;;;+2/p-2. The van der Waals surface area contributed by atoms with Crippen LogP contribution in [0.25, 0.3) is 0 Å². The Bertz CT molecular complexity index is 354. The van der Waals surface area contributed by atoms with E-state index < -0.39 is 31.0 Å². The molecule has 0 saturated heterocycles. The number of halogens is 2. The van der Waals surface area contributed by atoms with Crippen LogP contribution in [0.4, 0.5) is 0 Å². The molecule has 0 aromatic carbocycles. The molecule has 2 aliphatic carbocycles. The van der Waals surface area contributed by atoms with Crippen molar-refractivity contribution in [2.24, 2.45) is 0 Å². The summed E-state index contributed by atoms with van der Waals surface area (Å²) in [5, 5.41) is 0. The van der Waals surface area contributed by atoms with Crippen LogP contribution in [0.3, 0.4) is 0 Å². The number of rotatable bonds is 4. The van der Waals surface area contributed by atoms with Gasteiger partial charge in [-0.2, -0.15) is 0 Å². The maximum atomic E-state index is 2.51. The summed E-state index contributed by atoms with van der Waals surface area (Å²) in [6.07, 6.45) is 18.8. The normalized spacial score (nSPS) is 19.5. The molecule has 2 rings (SSSR count). The summed E-state index contributed by atoms with van der Waals surface area (Å²) in [5.41, 5.74) is 0. The molecule has 0 aliphatic heterocycles. The van der Waals surface area contributed by atoms with Gasteiger partial charge >= 0.3 is 112 Å². The summed E-state index contributed by atoms with van der Waals surface area (Å²) >= 11 is -0.688. The van der Waals surface area contributed by atoms with E-state index >= 15 is 0 Å². The SMILES string of the molecule is C[Si](C)(C)C[C]1([Hf+2][CH]2C=CC=C2)C=CC=C1.[Cl-].[Cl-]. The first-order chi connectivity index (χ1) is 7.49. The number of hydrogen-bond donors (Lipinski definition) is 0. The number of allylic oxidation sites excluding steroid dienone is 8. The van der Waals surface area contributed by atoms with E-state index in [2.05, 4.69) is 68.2 Å². The predicted molar refractivity (Wildman–Crippen MR) is 71.2 cm³/mol. The molecule has 98 valence electrons. The summed E-state index contributed by atoms with van der Waals surface area (Å²) in [4.78, 5) is 0. The molecule has 0 heterocycles. The Morgan fingerprint density at radius 3 is 1.89 bits per heavy atom. The zero-order valence-corrected chi connectivity index (χ0v) is 17.3. The van der Waals surface area contributed by atoms with E-state index in [1.807, 2.05) is 0 Å². The Balaban J connectivity index is 0.00000144.